The number of benzene rings is 2. The fourth-order valence-corrected chi connectivity index (χ4v) is 2.84. The Hall–Kier alpha value is -3.97. The highest BCUT2D eigenvalue weighted by Crippen LogP contribution is 2.20. The Morgan fingerprint density at radius 1 is 1.29 bits per heavy atom. The van der Waals surface area contributed by atoms with Gasteiger partial charge in [0, 0.05) is 23.9 Å². The van der Waals surface area contributed by atoms with Gasteiger partial charge in [-0.2, -0.15) is 0 Å². The molecule has 1 heterocycles. The van der Waals surface area contributed by atoms with Gasteiger partial charge >= 0.3 is 0 Å². The number of carbonyl (C=O) groups excluding carboxylic acids is 1. The first-order valence-electron chi connectivity index (χ1n) is 8.50. The van der Waals surface area contributed by atoms with Crippen LogP contribution in [-0.2, 0) is 13.0 Å². The van der Waals surface area contributed by atoms with Crippen molar-refractivity contribution in [1.29, 1.82) is 0 Å². The quantitative estimate of drug-likeness (QED) is 0.216. The second-order valence-electron chi connectivity index (χ2n) is 6.14. The van der Waals surface area contributed by atoms with Crippen LogP contribution in [0.2, 0.25) is 0 Å². The maximum Gasteiger partial charge on any atom is 0.248 e. The van der Waals surface area contributed by atoms with Crippen LogP contribution in [0.1, 0.15) is 27.3 Å². The second kappa shape index (κ2) is 8.15. The topological polar surface area (TPSA) is 153 Å². The van der Waals surface area contributed by atoms with E-state index in [1.54, 1.807) is 25.2 Å². The lowest BCUT2D eigenvalue weighted by atomic mass is 10.1. The van der Waals surface area contributed by atoms with Gasteiger partial charge in [-0.1, -0.05) is 29.4 Å². The summed E-state index contributed by atoms with van der Waals surface area (Å²) < 4.78 is 0. The number of hydrogen-bond acceptors (Lipinski definition) is 5. The average molecular weight is 377 g/mol. The number of hydrogen-bond donors (Lipinski definition) is 4. The number of rotatable bonds is 7. The summed E-state index contributed by atoms with van der Waals surface area (Å²) in [5, 5.41) is 17.1. The molecule has 5 N–H and O–H groups in total. The summed E-state index contributed by atoms with van der Waals surface area (Å²) in [5.74, 6) is 0.0465. The van der Waals surface area contributed by atoms with Crippen molar-refractivity contribution in [1.82, 2.24) is 15.3 Å². The molecule has 0 aliphatic carbocycles. The molecule has 1 amide bonds. The monoisotopic (exact) mass is 377 g/mol. The van der Waals surface area contributed by atoms with Gasteiger partial charge in [0.1, 0.15) is 11.5 Å². The molecule has 0 saturated heterocycles. The van der Waals surface area contributed by atoms with E-state index in [1.807, 2.05) is 24.3 Å². The van der Waals surface area contributed by atoms with Crippen LogP contribution in [-0.4, -0.2) is 28.0 Å². The van der Waals surface area contributed by atoms with Gasteiger partial charge in [0.15, 0.2) is 5.82 Å². The van der Waals surface area contributed by atoms with Crippen LogP contribution in [0.25, 0.3) is 27.2 Å². The lowest BCUT2D eigenvalue weighted by molar-refractivity contribution is 0.100. The lowest BCUT2D eigenvalue weighted by Gasteiger charge is -2.09. The molecular formula is C19H19N7O2. The van der Waals surface area contributed by atoms with Gasteiger partial charge in [0.25, 0.3) is 0 Å². The molecule has 2 aromatic carbocycles. The van der Waals surface area contributed by atoms with Crippen molar-refractivity contribution in [2.24, 2.45) is 10.8 Å². The number of nitrogens with two attached hydrogens (primary N) is 1. The minimum Gasteiger partial charge on any atom is -0.510 e. The van der Waals surface area contributed by atoms with E-state index >= 15 is 0 Å². The van der Waals surface area contributed by atoms with Crippen LogP contribution in [0.4, 0.5) is 0 Å². The van der Waals surface area contributed by atoms with Crippen molar-refractivity contribution in [2.45, 2.75) is 13.0 Å². The van der Waals surface area contributed by atoms with Crippen LogP contribution < -0.4 is 11.1 Å². The number of nitrogens with zero attached hydrogens (tertiary/aromatic N) is 4. The van der Waals surface area contributed by atoms with Crippen LogP contribution >= 0.6 is 0 Å². The molecule has 142 valence electrons. The van der Waals surface area contributed by atoms with Crippen molar-refractivity contribution < 1.29 is 9.90 Å². The maximum atomic E-state index is 11.3. The summed E-state index contributed by atoms with van der Waals surface area (Å²) in [4.78, 5) is 21.6. The zero-order valence-corrected chi connectivity index (χ0v) is 15.2. The van der Waals surface area contributed by atoms with E-state index in [9.17, 15) is 9.90 Å². The minimum atomic E-state index is -0.519. The Labute approximate surface area is 160 Å². The molecule has 0 spiro atoms. The first-order chi connectivity index (χ1) is 13.5. The molecule has 9 nitrogen and oxygen atoms in total. The molecule has 3 aromatic rings. The van der Waals surface area contributed by atoms with Crippen LogP contribution in [0.3, 0.4) is 0 Å². The number of aliphatic hydroxyl groups is 1. The van der Waals surface area contributed by atoms with Gasteiger partial charge in [-0.25, -0.2) is 4.98 Å². The normalized spacial score (nSPS) is 11.6. The second-order valence-corrected chi connectivity index (χ2v) is 6.14. The molecule has 0 unspecified atom stereocenters. The largest absolute Gasteiger partial charge is 0.510 e. The van der Waals surface area contributed by atoms with E-state index in [1.165, 1.54) is 0 Å². The number of primary amides is 1. The highest BCUT2D eigenvalue weighted by Gasteiger charge is 2.14. The fourth-order valence-electron chi connectivity index (χ4n) is 2.84. The predicted octanol–water partition coefficient (Wildman–Crippen LogP) is 3.16. The van der Waals surface area contributed by atoms with Crippen LogP contribution in [0, 0.1) is 0 Å². The summed E-state index contributed by atoms with van der Waals surface area (Å²) in [6.45, 7) is 0.284. The number of azide groups is 1. The smallest absolute Gasteiger partial charge is 0.248 e. The molecule has 0 fully saturated rings. The van der Waals surface area contributed by atoms with E-state index in [2.05, 4.69) is 25.3 Å². The van der Waals surface area contributed by atoms with E-state index < -0.39 is 5.91 Å². The third-order valence-electron chi connectivity index (χ3n) is 4.25. The number of H-pyrrole nitrogens is 1. The van der Waals surface area contributed by atoms with E-state index in [0.717, 1.165) is 11.1 Å². The van der Waals surface area contributed by atoms with E-state index in [0.29, 0.717) is 34.5 Å². The van der Waals surface area contributed by atoms with Crippen LogP contribution in [0.5, 0.6) is 0 Å². The summed E-state index contributed by atoms with van der Waals surface area (Å²) in [5.41, 5.74) is 17.6. The molecule has 0 saturated carbocycles. The Bertz CT molecular complexity index is 1090. The molecule has 0 bridgehead atoms. The first-order valence-corrected chi connectivity index (χ1v) is 8.50. The molecule has 9 heteroatoms. The summed E-state index contributed by atoms with van der Waals surface area (Å²) in [6.07, 6.45) is 0.293. The number of aliphatic hydroxyl groups excluding tert-OH is 1. The standard InChI is InChI=1S/C19H19N7O2/c1-22-17(16(27)8-11-2-4-12(5-3-11)10-23-26-21)19-24-14-7-6-13(18(20)28)9-15(14)25-19/h2-7,9,22,27H,8,10H2,1H3,(H2,20,28)(H,24,25)/b17-16+. The number of nitrogens with one attached hydrogen (secondary N) is 2. The van der Waals surface area contributed by atoms with Gasteiger partial charge in [-0.15, -0.1) is 0 Å². The van der Waals surface area contributed by atoms with Gasteiger partial charge in [-0.3, -0.25) is 4.79 Å². The highest BCUT2D eigenvalue weighted by molar-refractivity contribution is 5.96. The van der Waals surface area contributed by atoms with Gasteiger partial charge < -0.3 is 21.1 Å². The van der Waals surface area contributed by atoms with Crippen molar-refractivity contribution in [3.8, 4) is 0 Å². The van der Waals surface area contributed by atoms with E-state index in [4.69, 9.17) is 11.3 Å². The summed E-state index contributed by atoms with van der Waals surface area (Å²) in [6, 6.07) is 12.4. The van der Waals surface area contributed by atoms with Crippen molar-refractivity contribution in [3.05, 3.63) is 81.2 Å². The molecule has 0 atom stereocenters. The minimum absolute atomic E-state index is 0.111. The Morgan fingerprint density at radius 3 is 2.64 bits per heavy atom. The zero-order valence-electron chi connectivity index (χ0n) is 15.2. The van der Waals surface area contributed by atoms with Crippen molar-refractivity contribution >= 4 is 22.6 Å². The number of imidazole rings is 1. The number of carbonyl (C=O) groups is 1. The molecule has 0 aliphatic rings. The number of amides is 1. The Kier molecular flexibility index (Phi) is 5.48. The lowest BCUT2D eigenvalue weighted by Crippen LogP contribution is -2.11. The third-order valence-corrected chi connectivity index (χ3v) is 4.25. The van der Waals surface area contributed by atoms with Crippen LogP contribution in [0.15, 0.2) is 53.3 Å². The Morgan fingerprint density at radius 2 is 2.00 bits per heavy atom. The maximum absolute atomic E-state index is 11.3. The average Bonchev–Trinajstić information content (AvgIpc) is 3.10. The zero-order chi connectivity index (χ0) is 20.1. The van der Waals surface area contributed by atoms with E-state index in [-0.39, 0.29) is 12.3 Å². The molecule has 0 aliphatic heterocycles. The van der Waals surface area contributed by atoms with Gasteiger partial charge in [0.2, 0.25) is 5.91 Å². The predicted molar refractivity (Wildman–Crippen MR) is 106 cm³/mol. The SMILES string of the molecule is CN/C(=C(/O)Cc1ccc(CN=[N+]=[N-])cc1)c1nc2ccc(C(N)=O)cc2[nH]1. The molecule has 1 aromatic heterocycles. The summed E-state index contributed by atoms with van der Waals surface area (Å²) >= 11 is 0. The fraction of sp³-hybridized carbons (Fsp3) is 0.158. The Balaban J connectivity index is 1.88. The molecule has 28 heavy (non-hydrogen) atoms. The number of aromatic amines is 1. The summed E-state index contributed by atoms with van der Waals surface area (Å²) in [7, 11) is 1.69. The number of aromatic nitrogens is 2. The number of fused-ring (bicyclic) bond motifs is 1. The molecular weight excluding hydrogens is 358 g/mol. The third kappa shape index (κ3) is 4.05. The van der Waals surface area contributed by atoms with Crippen molar-refractivity contribution in [3.63, 3.8) is 0 Å². The van der Waals surface area contributed by atoms with Crippen molar-refractivity contribution in [2.75, 3.05) is 7.05 Å². The van der Waals surface area contributed by atoms with Gasteiger partial charge in [-0.05, 0) is 34.9 Å². The molecule has 3 rings (SSSR count). The first kappa shape index (κ1) is 18.8. The highest BCUT2D eigenvalue weighted by atomic mass is 16.3. The molecule has 0 radical (unpaired) electrons. The number of allylic oxidation sites excluding steroid dienone is 1. The van der Waals surface area contributed by atoms with Gasteiger partial charge in [0.05, 0.1) is 17.6 Å².